The Morgan fingerprint density at radius 3 is 2.88 bits per heavy atom. The van der Waals surface area contributed by atoms with Crippen molar-refractivity contribution >= 4 is 11.4 Å². The van der Waals surface area contributed by atoms with Crippen LogP contribution < -0.4 is 10.6 Å². The Kier molecular flexibility index (Phi) is 4.62. The predicted octanol–water partition coefficient (Wildman–Crippen LogP) is 1.61. The van der Waals surface area contributed by atoms with Gasteiger partial charge in [0.2, 0.25) is 0 Å². The van der Waals surface area contributed by atoms with Crippen LogP contribution in [0, 0.1) is 11.3 Å². The van der Waals surface area contributed by atoms with Gasteiger partial charge in [0.25, 0.3) is 0 Å². The van der Waals surface area contributed by atoms with Gasteiger partial charge in [-0.05, 0) is 24.6 Å². The van der Waals surface area contributed by atoms with Gasteiger partial charge in [0.15, 0.2) is 0 Å². The molecule has 0 atom stereocenters. The molecule has 0 aliphatic carbocycles. The summed E-state index contributed by atoms with van der Waals surface area (Å²) in [7, 11) is 3.65. The van der Waals surface area contributed by atoms with Gasteiger partial charge < -0.3 is 15.4 Å². The number of anilines is 2. The van der Waals surface area contributed by atoms with E-state index in [9.17, 15) is 0 Å². The molecule has 16 heavy (non-hydrogen) atoms. The first kappa shape index (κ1) is 12.3. The number of nitrogens with zero attached hydrogens (tertiary/aromatic N) is 2. The maximum absolute atomic E-state index is 8.82. The summed E-state index contributed by atoms with van der Waals surface area (Å²) in [6, 6.07) is 7.41. The molecule has 0 saturated heterocycles. The average Bonchev–Trinajstić information content (AvgIpc) is 2.30. The summed E-state index contributed by atoms with van der Waals surface area (Å²) in [5.41, 5.74) is 8.09. The van der Waals surface area contributed by atoms with Crippen molar-refractivity contribution < 1.29 is 4.74 Å². The van der Waals surface area contributed by atoms with Crippen molar-refractivity contribution in [2.24, 2.45) is 0 Å². The molecule has 0 aromatic heterocycles. The van der Waals surface area contributed by atoms with E-state index in [1.807, 2.05) is 18.0 Å². The number of methoxy groups -OCH3 is 1. The highest BCUT2D eigenvalue weighted by Gasteiger charge is 2.06. The smallest absolute Gasteiger partial charge is 0.0992 e. The number of ether oxygens (including phenoxy) is 1. The molecule has 0 bridgehead atoms. The fourth-order valence-electron chi connectivity index (χ4n) is 1.51. The van der Waals surface area contributed by atoms with Gasteiger partial charge in [-0.25, -0.2) is 0 Å². The van der Waals surface area contributed by atoms with E-state index in [4.69, 9.17) is 15.7 Å². The van der Waals surface area contributed by atoms with E-state index < -0.39 is 0 Å². The lowest BCUT2D eigenvalue weighted by atomic mass is 10.1. The lowest BCUT2D eigenvalue weighted by molar-refractivity contribution is 0.196. The SMILES string of the molecule is COCCCN(C)c1cc(C#N)ccc1N. The van der Waals surface area contributed by atoms with E-state index in [1.165, 1.54) is 0 Å². The highest BCUT2D eigenvalue weighted by Crippen LogP contribution is 2.23. The number of benzene rings is 1. The molecule has 0 radical (unpaired) electrons. The normalized spacial score (nSPS) is 9.81. The third-order valence-corrected chi connectivity index (χ3v) is 2.41. The summed E-state index contributed by atoms with van der Waals surface area (Å²) in [6.07, 6.45) is 0.934. The minimum Gasteiger partial charge on any atom is -0.397 e. The van der Waals surface area contributed by atoms with Gasteiger partial charge in [0.05, 0.1) is 23.0 Å². The molecule has 0 saturated carbocycles. The predicted molar refractivity (Wildman–Crippen MR) is 65.3 cm³/mol. The van der Waals surface area contributed by atoms with Crippen LogP contribution in [0.4, 0.5) is 11.4 Å². The molecule has 1 rings (SSSR count). The van der Waals surface area contributed by atoms with E-state index >= 15 is 0 Å². The monoisotopic (exact) mass is 219 g/mol. The number of nitriles is 1. The first-order valence-electron chi connectivity index (χ1n) is 5.18. The zero-order valence-electron chi connectivity index (χ0n) is 9.73. The van der Waals surface area contributed by atoms with Gasteiger partial charge in [-0.3, -0.25) is 0 Å². The van der Waals surface area contributed by atoms with Crippen LogP contribution in [0.2, 0.25) is 0 Å². The highest BCUT2D eigenvalue weighted by atomic mass is 16.5. The van der Waals surface area contributed by atoms with E-state index in [0.717, 1.165) is 25.3 Å². The molecule has 1 aromatic carbocycles. The van der Waals surface area contributed by atoms with Crippen LogP contribution in [0.15, 0.2) is 18.2 Å². The molecule has 0 fully saturated rings. The minimum absolute atomic E-state index is 0.628. The Labute approximate surface area is 96.2 Å². The van der Waals surface area contributed by atoms with Gasteiger partial charge >= 0.3 is 0 Å². The second kappa shape index (κ2) is 5.99. The van der Waals surface area contributed by atoms with Crippen LogP contribution in [0.1, 0.15) is 12.0 Å². The fraction of sp³-hybridized carbons (Fsp3) is 0.417. The molecule has 4 nitrogen and oxygen atoms in total. The van der Waals surface area contributed by atoms with Crippen molar-refractivity contribution in [1.29, 1.82) is 5.26 Å². The van der Waals surface area contributed by atoms with Crippen LogP contribution in [0.5, 0.6) is 0 Å². The van der Waals surface area contributed by atoms with Gasteiger partial charge in [-0.15, -0.1) is 0 Å². The molecule has 86 valence electrons. The second-order valence-electron chi connectivity index (χ2n) is 3.65. The Bertz CT molecular complexity index is 384. The first-order chi connectivity index (χ1) is 7.69. The highest BCUT2D eigenvalue weighted by molar-refractivity contribution is 5.69. The third-order valence-electron chi connectivity index (χ3n) is 2.41. The molecule has 0 aliphatic heterocycles. The molecular weight excluding hydrogens is 202 g/mol. The Balaban J connectivity index is 2.74. The van der Waals surface area contributed by atoms with Gasteiger partial charge in [0.1, 0.15) is 0 Å². The van der Waals surface area contributed by atoms with Crippen molar-refractivity contribution in [3.05, 3.63) is 23.8 Å². The number of hydrogen-bond donors (Lipinski definition) is 1. The number of hydrogen-bond acceptors (Lipinski definition) is 4. The minimum atomic E-state index is 0.628. The Hall–Kier alpha value is -1.73. The molecule has 0 spiro atoms. The number of rotatable bonds is 5. The summed E-state index contributed by atoms with van der Waals surface area (Å²) >= 11 is 0. The van der Waals surface area contributed by atoms with Gasteiger partial charge in [-0.1, -0.05) is 0 Å². The maximum Gasteiger partial charge on any atom is 0.0992 e. The van der Waals surface area contributed by atoms with E-state index in [0.29, 0.717) is 11.3 Å². The summed E-state index contributed by atoms with van der Waals surface area (Å²) in [5, 5.41) is 8.82. The van der Waals surface area contributed by atoms with Crippen molar-refractivity contribution in [2.75, 3.05) is 37.9 Å². The fourth-order valence-corrected chi connectivity index (χ4v) is 1.51. The quantitative estimate of drug-likeness (QED) is 0.603. The van der Waals surface area contributed by atoms with Crippen LogP contribution >= 0.6 is 0 Å². The van der Waals surface area contributed by atoms with Crippen LogP contribution in [0.25, 0.3) is 0 Å². The summed E-state index contributed by atoms with van der Waals surface area (Å²) in [4.78, 5) is 2.04. The van der Waals surface area contributed by atoms with Crippen molar-refractivity contribution in [3.63, 3.8) is 0 Å². The number of nitrogen functional groups attached to an aromatic ring is 1. The van der Waals surface area contributed by atoms with E-state index in [1.54, 1.807) is 19.2 Å². The van der Waals surface area contributed by atoms with Crippen LogP contribution in [-0.2, 0) is 4.74 Å². The van der Waals surface area contributed by atoms with Crippen molar-refractivity contribution in [3.8, 4) is 6.07 Å². The molecule has 1 aromatic rings. The topological polar surface area (TPSA) is 62.3 Å². The van der Waals surface area contributed by atoms with Gasteiger partial charge in [0, 0.05) is 27.3 Å². The lowest BCUT2D eigenvalue weighted by Crippen LogP contribution is -2.20. The number of nitrogens with two attached hydrogens (primary N) is 1. The van der Waals surface area contributed by atoms with Crippen LogP contribution in [0.3, 0.4) is 0 Å². The van der Waals surface area contributed by atoms with E-state index in [2.05, 4.69) is 6.07 Å². The van der Waals surface area contributed by atoms with E-state index in [-0.39, 0.29) is 0 Å². The first-order valence-corrected chi connectivity index (χ1v) is 5.18. The molecular formula is C12H17N3O. The van der Waals surface area contributed by atoms with Gasteiger partial charge in [-0.2, -0.15) is 5.26 Å². The molecule has 2 N–H and O–H groups in total. The third kappa shape index (κ3) is 3.14. The Morgan fingerprint density at radius 2 is 2.25 bits per heavy atom. The second-order valence-corrected chi connectivity index (χ2v) is 3.65. The molecule has 0 unspecified atom stereocenters. The standard InChI is InChI=1S/C12H17N3O/c1-15(6-3-7-16-2)12-8-10(9-13)4-5-11(12)14/h4-5,8H,3,6-7,14H2,1-2H3. The zero-order valence-corrected chi connectivity index (χ0v) is 9.73. The lowest BCUT2D eigenvalue weighted by Gasteiger charge is -2.21. The molecule has 0 aliphatic rings. The van der Waals surface area contributed by atoms with Crippen molar-refractivity contribution in [1.82, 2.24) is 0 Å². The summed E-state index contributed by atoms with van der Waals surface area (Å²) in [6.45, 7) is 1.58. The zero-order chi connectivity index (χ0) is 12.0. The molecule has 0 amide bonds. The summed E-state index contributed by atoms with van der Waals surface area (Å²) in [5.74, 6) is 0. The molecule has 0 heterocycles. The summed E-state index contributed by atoms with van der Waals surface area (Å²) < 4.78 is 4.99. The Morgan fingerprint density at radius 1 is 1.50 bits per heavy atom. The maximum atomic E-state index is 8.82. The van der Waals surface area contributed by atoms with Crippen molar-refractivity contribution in [2.45, 2.75) is 6.42 Å². The van der Waals surface area contributed by atoms with Crippen LogP contribution in [-0.4, -0.2) is 27.3 Å². The molecule has 4 heteroatoms. The average molecular weight is 219 g/mol. The largest absolute Gasteiger partial charge is 0.397 e.